The van der Waals surface area contributed by atoms with Crippen molar-refractivity contribution in [3.8, 4) is 11.5 Å². The summed E-state index contributed by atoms with van der Waals surface area (Å²) in [5.41, 5.74) is 1.10. The van der Waals surface area contributed by atoms with Crippen LogP contribution in [0.5, 0.6) is 11.5 Å². The molecule has 0 spiro atoms. The van der Waals surface area contributed by atoms with Gasteiger partial charge in [0.15, 0.2) is 11.5 Å². The molecular formula is C18H19NO6S2. The Hall–Kier alpha value is -2.39. The molecule has 0 N–H and O–H groups in total. The van der Waals surface area contributed by atoms with Crippen molar-refractivity contribution in [2.45, 2.75) is 13.0 Å². The van der Waals surface area contributed by atoms with Gasteiger partial charge < -0.3 is 9.47 Å². The maximum absolute atomic E-state index is 12.8. The number of fused-ring (bicyclic) bond motifs is 1. The zero-order valence-corrected chi connectivity index (χ0v) is 16.7. The van der Waals surface area contributed by atoms with E-state index in [9.17, 15) is 18.0 Å². The molecular weight excluding hydrogens is 390 g/mol. The number of carbonyl (C=O) groups excluding carboxylic acids is 2. The number of thiophene rings is 1. The number of benzene rings is 1. The van der Waals surface area contributed by atoms with Crippen LogP contribution in [0.25, 0.3) is 0 Å². The van der Waals surface area contributed by atoms with E-state index in [1.807, 2.05) is 6.92 Å². The number of ether oxygens (including phenoxy) is 2. The van der Waals surface area contributed by atoms with Gasteiger partial charge in [-0.25, -0.2) is 8.42 Å². The first kappa shape index (κ1) is 19.4. The number of rotatable bonds is 7. The molecule has 0 fully saturated rings. The molecule has 0 unspecified atom stereocenters. The number of methoxy groups -OCH3 is 1. The minimum Gasteiger partial charge on any atom is -0.493 e. The van der Waals surface area contributed by atoms with Crippen molar-refractivity contribution in [2.75, 3.05) is 25.7 Å². The Morgan fingerprint density at radius 3 is 2.26 bits per heavy atom. The second-order valence-corrected chi connectivity index (χ2v) is 9.06. The van der Waals surface area contributed by atoms with Crippen molar-refractivity contribution in [2.24, 2.45) is 0 Å². The van der Waals surface area contributed by atoms with Gasteiger partial charge in [-0.05, 0) is 24.6 Å². The smallest absolute Gasteiger partial charge is 0.263 e. The molecule has 1 atom stereocenters. The van der Waals surface area contributed by atoms with Crippen LogP contribution in [0, 0.1) is 0 Å². The van der Waals surface area contributed by atoms with Crippen LogP contribution < -0.4 is 9.47 Å². The molecule has 1 aliphatic rings. The van der Waals surface area contributed by atoms with E-state index in [1.165, 1.54) is 18.4 Å². The van der Waals surface area contributed by atoms with E-state index in [4.69, 9.17) is 9.47 Å². The highest BCUT2D eigenvalue weighted by molar-refractivity contribution is 7.90. The van der Waals surface area contributed by atoms with Crippen LogP contribution in [0.2, 0.25) is 0 Å². The Morgan fingerprint density at radius 2 is 1.74 bits per heavy atom. The average Bonchev–Trinajstić information content (AvgIpc) is 3.17. The van der Waals surface area contributed by atoms with E-state index < -0.39 is 27.7 Å². The number of nitrogens with zero attached hydrogens (tertiary/aromatic N) is 1. The normalized spacial score (nSPS) is 15.0. The molecule has 9 heteroatoms. The average molecular weight is 409 g/mol. The molecule has 1 aromatic heterocycles. The Morgan fingerprint density at radius 1 is 1.11 bits per heavy atom. The summed E-state index contributed by atoms with van der Waals surface area (Å²) in [7, 11) is -2.01. The van der Waals surface area contributed by atoms with Crippen molar-refractivity contribution in [1.82, 2.24) is 4.90 Å². The summed E-state index contributed by atoms with van der Waals surface area (Å²) in [4.78, 5) is 26.5. The minimum absolute atomic E-state index is 0.307. The fourth-order valence-electron chi connectivity index (χ4n) is 3.04. The van der Waals surface area contributed by atoms with E-state index in [2.05, 4.69) is 0 Å². The molecule has 2 aromatic rings. The minimum atomic E-state index is -3.48. The molecule has 0 saturated carbocycles. The van der Waals surface area contributed by atoms with Crippen LogP contribution in [0.3, 0.4) is 0 Å². The number of carbonyl (C=O) groups is 2. The van der Waals surface area contributed by atoms with Gasteiger partial charge in [0.1, 0.15) is 9.84 Å². The zero-order chi connectivity index (χ0) is 19.8. The standard InChI is InChI=1S/C18H19NO6S2/c1-4-25-15-6-5-11(7-16(15)24-2)14(10-27(3,22)23)19-17(20)12-8-26-9-13(12)18(19)21/h5-9,14H,4,10H2,1-3H3/t14-/m1/s1. The van der Waals surface area contributed by atoms with Crippen molar-refractivity contribution in [3.05, 3.63) is 45.6 Å². The van der Waals surface area contributed by atoms with Gasteiger partial charge in [0, 0.05) is 17.0 Å². The summed E-state index contributed by atoms with van der Waals surface area (Å²) in [6.45, 7) is 2.27. The van der Waals surface area contributed by atoms with Crippen molar-refractivity contribution < 1.29 is 27.5 Å². The van der Waals surface area contributed by atoms with Crippen LogP contribution in [-0.2, 0) is 9.84 Å². The number of amides is 2. The summed E-state index contributed by atoms with van der Waals surface area (Å²) in [5.74, 6) is -0.453. The lowest BCUT2D eigenvalue weighted by Crippen LogP contribution is -2.37. The predicted molar refractivity (Wildman–Crippen MR) is 101 cm³/mol. The van der Waals surface area contributed by atoms with E-state index in [0.717, 1.165) is 11.2 Å². The third-order valence-corrected chi connectivity index (χ3v) is 5.87. The first-order valence-corrected chi connectivity index (χ1v) is 11.2. The van der Waals surface area contributed by atoms with E-state index in [-0.39, 0.29) is 5.75 Å². The van der Waals surface area contributed by atoms with Crippen LogP contribution in [-0.4, -0.2) is 50.9 Å². The predicted octanol–water partition coefficient (Wildman–Crippen LogP) is 2.54. The molecule has 1 aromatic carbocycles. The molecule has 0 bridgehead atoms. The van der Waals surface area contributed by atoms with Gasteiger partial charge in [-0.1, -0.05) is 6.07 Å². The van der Waals surface area contributed by atoms with Gasteiger partial charge in [0.2, 0.25) is 0 Å². The first-order chi connectivity index (χ1) is 12.8. The quantitative estimate of drug-likeness (QED) is 0.653. The third kappa shape index (κ3) is 3.70. The SMILES string of the molecule is CCOc1ccc([C@@H](CS(C)(=O)=O)N2C(=O)c3cscc3C2=O)cc1OC. The maximum atomic E-state index is 12.8. The summed E-state index contributed by atoms with van der Waals surface area (Å²) < 4.78 is 34.8. The summed E-state index contributed by atoms with van der Waals surface area (Å²) in [6, 6.07) is 3.94. The molecule has 3 rings (SSSR count). The fourth-order valence-corrected chi connectivity index (χ4v) is 4.75. The highest BCUT2D eigenvalue weighted by Gasteiger charge is 2.42. The van der Waals surface area contributed by atoms with Gasteiger partial charge in [-0.3, -0.25) is 14.5 Å². The number of sulfone groups is 1. The zero-order valence-electron chi connectivity index (χ0n) is 15.1. The van der Waals surface area contributed by atoms with E-state index >= 15 is 0 Å². The monoisotopic (exact) mass is 409 g/mol. The third-order valence-electron chi connectivity index (χ3n) is 4.20. The lowest BCUT2D eigenvalue weighted by atomic mass is 10.1. The maximum Gasteiger partial charge on any atom is 0.263 e. The van der Waals surface area contributed by atoms with Gasteiger partial charge in [-0.15, -0.1) is 0 Å². The first-order valence-electron chi connectivity index (χ1n) is 8.19. The molecule has 0 radical (unpaired) electrons. The number of imide groups is 1. The van der Waals surface area contributed by atoms with Gasteiger partial charge in [0.05, 0.1) is 36.6 Å². The molecule has 144 valence electrons. The molecule has 2 heterocycles. The van der Waals surface area contributed by atoms with Crippen molar-refractivity contribution in [1.29, 1.82) is 0 Å². The largest absolute Gasteiger partial charge is 0.493 e. The Bertz CT molecular complexity index is 965. The van der Waals surface area contributed by atoms with Crippen molar-refractivity contribution >= 4 is 33.0 Å². The van der Waals surface area contributed by atoms with Gasteiger partial charge >= 0.3 is 0 Å². The summed E-state index contributed by atoms with van der Waals surface area (Å²) >= 11 is 1.26. The van der Waals surface area contributed by atoms with Crippen molar-refractivity contribution in [3.63, 3.8) is 0 Å². The van der Waals surface area contributed by atoms with Crippen LogP contribution >= 0.6 is 11.3 Å². The second-order valence-electron chi connectivity index (χ2n) is 6.13. The molecule has 27 heavy (non-hydrogen) atoms. The molecule has 0 saturated heterocycles. The Labute approximate surface area is 161 Å². The lowest BCUT2D eigenvalue weighted by Gasteiger charge is -2.26. The number of hydrogen-bond acceptors (Lipinski definition) is 7. The molecule has 1 aliphatic heterocycles. The molecule has 2 amide bonds. The van der Waals surface area contributed by atoms with Crippen LogP contribution in [0.15, 0.2) is 29.0 Å². The Balaban J connectivity index is 2.07. The van der Waals surface area contributed by atoms with E-state index in [0.29, 0.717) is 34.8 Å². The molecule has 7 nitrogen and oxygen atoms in total. The highest BCUT2D eigenvalue weighted by atomic mass is 32.2. The number of hydrogen-bond donors (Lipinski definition) is 0. The van der Waals surface area contributed by atoms with E-state index in [1.54, 1.807) is 29.0 Å². The van der Waals surface area contributed by atoms with Gasteiger partial charge in [0.25, 0.3) is 11.8 Å². The molecule has 0 aliphatic carbocycles. The highest BCUT2D eigenvalue weighted by Crippen LogP contribution is 2.37. The summed E-state index contributed by atoms with van der Waals surface area (Å²) in [5, 5.41) is 3.21. The lowest BCUT2D eigenvalue weighted by molar-refractivity contribution is 0.0597. The summed E-state index contributed by atoms with van der Waals surface area (Å²) in [6.07, 6.45) is 1.08. The van der Waals surface area contributed by atoms with Gasteiger partial charge in [-0.2, -0.15) is 11.3 Å². The van der Waals surface area contributed by atoms with Crippen LogP contribution in [0.4, 0.5) is 0 Å². The van der Waals surface area contributed by atoms with Crippen LogP contribution in [0.1, 0.15) is 39.2 Å². The topological polar surface area (TPSA) is 90.0 Å². The fraction of sp³-hybridized carbons (Fsp3) is 0.333. The Kier molecular flexibility index (Phi) is 5.25. The second kappa shape index (κ2) is 7.32.